The molecular formula is C23H22. The largest absolute Gasteiger partial charge is 0.0665 e. The number of allylic oxidation sites excluding steroid dienone is 6. The van der Waals surface area contributed by atoms with Crippen molar-refractivity contribution in [2.75, 3.05) is 0 Å². The highest BCUT2D eigenvalue weighted by atomic mass is 14.3. The first kappa shape index (κ1) is 15.3. The molecule has 1 aliphatic carbocycles. The predicted molar refractivity (Wildman–Crippen MR) is 101 cm³/mol. The van der Waals surface area contributed by atoms with Gasteiger partial charge in [0, 0.05) is 0 Å². The van der Waals surface area contributed by atoms with Crippen LogP contribution in [0.5, 0.6) is 0 Å². The molecule has 0 amide bonds. The topological polar surface area (TPSA) is 0 Å². The first-order valence-electron chi connectivity index (χ1n) is 8.18. The van der Waals surface area contributed by atoms with Gasteiger partial charge in [0.05, 0.1) is 0 Å². The molecule has 23 heavy (non-hydrogen) atoms. The SMILES string of the molecule is CC1CC1=CC=C(C=Cc1ccccc1)C=Cc1ccccc1. The van der Waals surface area contributed by atoms with Crippen LogP contribution in [-0.4, -0.2) is 0 Å². The lowest BCUT2D eigenvalue weighted by Crippen LogP contribution is -1.75. The van der Waals surface area contributed by atoms with E-state index in [1.54, 1.807) is 5.57 Å². The van der Waals surface area contributed by atoms with Crippen molar-refractivity contribution < 1.29 is 0 Å². The van der Waals surface area contributed by atoms with E-state index in [2.05, 4.69) is 91.9 Å². The predicted octanol–water partition coefficient (Wildman–Crippen LogP) is 6.31. The molecule has 114 valence electrons. The lowest BCUT2D eigenvalue weighted by Gasteiger charge is -1.96. The molecule has 0 radical (unpaired) electrons. The minimum atomic E-state index is 0.767. The van der Waals surface area contributed by atoms with E-state index in [9.17, 15) is 0 Å². The van der Waals surface area contributed by atoms with Gasteiger partial charge in [-0.3, -0.25) is 0 Å². The molecule has 0 saturated heterocycles. The second-order valence-electron chi connectivity index (χ2n) is 6.00. The Morgan fingerprint density at radius 3 is 1.74 bits per heavy atom. The third-order valence-electron chi connectivity index (χ3n) is 4.04. The van der Waals surface area contributed by atoms with E-state index >= 15 is 0 Å². The van der Waals surface area contributed by atoms with Crippen molar-refractivity contribution in [3.8, 4) is 0 Å². The molecule has 0 nitrogen and oxygen atoms in total. The van der Waals surface area contributed by atoms with Crippen molar-refractivity contribution in [3.05, 3.63) is 107 Å². The van der Waals surface area contributed by atoms with Gasteiger partial charge in [-0.2, -0.15) is 0 Å². The van der Waals surface area contributed by atoms with Crippen LogP contribution in [0.25, 0.3) is 12.2 Å². The Morgan fingerprint density at radius 1 is 0.826 bits per heavy atom. The summed E-state index contributed by atoms with van der Waals surface area (Å²) in [6.07, 6.45) is 14.4. The van der Waals surface area contributed by atoms with E-state index in [0.717, 1.165) is 5.92 Å². The van der Waals surface area contributed by atoms with E-state index in [-0.39, 0.29) is 0 Å². The third kappa shape index (κ3) is 4.96. The maximum absolute atomic E-state index is 2.28. The number of benzene rings is 2. The smallest absolute Gasteiger partial charge is 0.0191 e. The highest BCUT2D eigenvalue weighted by Gasteiger charge is 2.22. The zero-order valence-corrected chi connectivity index (χ0v) is 13.5. The minimum absolute atomic E-state index is 0.767. The van der Waals surface area contributed by atoms with Crippen LogP contribution in [0.1, 0.15) is 24.5 Å². The number of rotatable bonds is 5. The summed E-state index contributed by atoms with van der Waals surface area (Å²) >= 11 is 0. The van der Waals surface area contributed by atoms with Crippen molar-refractivity contribution >= 4 is 12.2 Å². The second-order valence-corrected chi connectivity index (χ2v) is 6.00. The van der Waals surface area contributed by atoms with Crippen LogP contribution in [-0.2, 0) is 0 Å². The van der Waals surface area contributed by atoms with E-state index < -0.39 is 0 Å². The molecule has 0 aliphatic heterocycles. The Balaban J connectivity index is 1.79. The van der Waals surface area contributed by atoms with Crippen LogP contribution in [0.2, 0.25) is 0 Å². The summed E-state index contributed by atoms with van der Waals surface area (Å²) in [6, 6.07) is 20.8. The molecule has 1 atom stereocenters. The monoisotopic (exact) mass is 298 g/mol. The van der Waals surface area contributed by atoms with Gasteiger partial charge in [-0.1, -0.05) is 110 Å². The Hall–Kier alpha value is -2.60. The third-order valence-corrected chi connectivity index (χ3v) is 4.04. The van der Waals surface area contributed by atoms with Crippen LogP contribution in [0.4, 0.5) is 0 Å². The standard InChI is InChI=1S/C23H22/c1-19-18-23(19)17-16-22(14-12-20-8-4-2-5-9-20)15-13-21-10-6-3-7-11-21/h2-17,19H,18H2,1H3. The second kappa shape index (κ2) is 7.60. The van der Waals surface area contributed by atoms with Gasteiger partial charge in [-0.25, -0.2) is 0 Å². The molecule has 1 fully saturated rings. The number of hydrogen-bond donors (Lipinski definition) is 0. The van der Waals surface area contributed by atoms with Crippen molar-refractivity contribution in [1.29, 1.82) is 0 Å². The molecule has 1 aliphatic rings. The maximum Gasteiger partial charge on any atom is -0.0191 e. The van der Waals surface area contributed by atoms with Crippen LogP contribution >= 0.6 is 0 Å². The fraction of sp³-hybridized carbons (Fsp3) is 0.130. The van der Waals surface area contributed by atoms with Crippen molar-refractivity contribution in [1.82, 2.24) is 0 Å². The van der Waals surface area contributed by atoms with Gasteiger partial charge >= 0.3 is 0 Å². The highest BCUT2D eigenvalue weighted by Crippen LogP contribution is 2.36. The summed E-state index contributed by atoms with van der Waals surface area (Å²) in [5, 5.41) is 0. The van der Waals surface area contributed by atoms with Crippen LogP contribution in [0.3, 0.4) is 0 Å². The van der Waals surface area contributed by atoms with Gasteiger partial charge in [0.25, 0.3) is 0 Å². The fourth-order valence-electron chi connectivity index (χ4n) is 2.41. The van der Waals surface area contributed by atoms with Crippen molar-refractivity contribution in [2.45, 2.75) is 13.3 Å². The maximum atomic E-state index is 2.28. The van der Waals surface area contributed by atoms with Crippen molar-refractivity contribution in [2.24, 2.45) is 5.92 Å². The van der Waals surface area contributed by atoms with Gasteiger partial charge in [-0.15, -0.1) is 0 Å². The average Bonchev–Trinajstić information content (AvgIpc) is 3.31. The molecule has 0 bridgehead atoms. The van der Waals surface area contributed by atoms with Crippen LogP contribution < -0.4 is 0 Å². The molecule has 0 heterocycles. The van der Waals surface area contributed by atoms with Gasteiger partial charge in [0.2, 0.25) is 0 Å². The average molecular weight is 298 g/mol. The first-order valence-corrected chi connectivity index (χ1v) is 8.18. The number of hydrogen-bond acceptors (Lipinski definition) is 0. The lowest BCUT2D eigenvalue weighted by molar-refractivity contribution is 1.02. The zero-order valence-electron chi connectivity index (χ0n) is 13.5. The fourth-order valence-corrected chi connectivity index (χ4v) is 2.41. The van der Waals surface area contributed by atoms with E-state index in [4.69, 9.17) is 0 Å². The summed E-state index contributed by atoms with van der Waals surface area (Å²) in [5.74, 6) is 0.767. The van der Waals surface area contributed by atoms with E-state index in [1.807, 2.05) is 12.1 Å². The lowest BCUT2D eigenvalue weighted by atomic mass is 10.1. The Labute approximate surface area is 139 Å². The van der Waals surface area contributed by atoms with E-state index in [1.165, 1.54) is 23.1 Å². The molecule has 0 heteroatoms. The Bertz CT molecular complexity index is 692. The van der Waals surface area contributed by atoms with Gasteiger partial charge in [0.15, 0.2) is 0 Å². The summed E-state index contributed by atoms with van der Waals surface area (Å²) in [4.78, 5) is 0. The molecule has 0 spiro atoms. The van der Waals surface area contributed by atoms with E-state index in [0.29, 0.717) is 0 Å². The summed E-state index contributed by atoms with van der Waals surface area (Å²) < 4.78 is 0. The molecular weight excluding hydrogens is 276 g/mol. The van der Waals surface area contributed by atoms with Crippen molar-refractivity contribution in [3.63, 3.8) is 0 Å². The molecule has 0 N–H and O–H groups in total. The molecule has 2 aromatic carbocycles. The molecule has 1 unspecified atom stereocenters. The van der Waals surface area contributed by atoms with Gasteiger partial charge in [-0.05, 0) is 29.0 Å². The van der Waals surface area contributed by atoms with Gasteiger partial charge in [0.1, 0.15) is 0 Å². The molecule has 1 saturated carbocycles. The Kier molecular flexibility index (Phi) is 5.06. The molecule has 0 aromatic heterocycles. The summed E-state index contributed by atoms with van der Waals surface area (Å²) in [6.45, 7) is 2.28. The highest BCUT2D eigenvalue weighted by molar-refractivity contribution is 5.60. The first-order chi connectivity index (χ1) is 11.3. The van der Waals surface area contributed by atoms with Crippen LogP contribution in [0, 0.1) is 5.92 Å². The quantitative estimate of drug-likeness (QED) is 0.568. The van der Waals surface area contributed by atoms with Gasteiger partial charge < -0.3 is 0 Å². The summed E-state index contributed by atoms with van der Waals surface area (Å²) in [7, 11) is 0. The zero-order chi connectivity index (χ0) is 15.9. The van der Waals surface area contributed by atoms with Crippen LogP contribution in [0.15, 0.2) is 96.1 Å². The minimum Gasteiger partial charge on any atom is -0.0665 e. The Morgan fingerprint density at radius 2 is 1.30 bits per heavy atom. The molecule has 2 aromatic rings. The summed E-state index contributed by atoms with van der Waals surface area (Å²) in [5.41, 5.74) is 5.20. The normalized spacial score (nSPS) is 18.7. The molecule has 3 rings (SSSR count).